The van der Waals surface area contributed by atoms with Gasteiger partial charge in [-0.2, -0.15) is 0 Å². The van der Waals surface area contributed by atoms with E-state index >= 15 is 0 Å². The molecule has 1 atom stereocenters. The molecule has 2 rings (SSSR count). The summed E-state index contributed by atoms with van der Waals surface area (Å²) in [4.78, 5) is 0. The molecular weight excluding hydrogens is 328 g/mol. The SMILES string of the molecule is CCNC(C)c1nnn(-c2ccc(Br)cc2Cl)c1C. The van der Waals surface area contributed by atoms with E-state index in [0.29, 0.717) is 5.02 Å². The van der Waals surface area contributed by atoms with Crippen molar-refractivity contribution in [1.29, 1.82) is 0 Å². The van der Waals surface area contributed by atoms with Crippen LogP contribution in [-0.2, 0) is 0 Å². The summed E-state index contributed by atoms with van der Waals surface area (Å²) in [5, 5.41) is 12.4. The lowest BCUT2D eigenvalue weighted by molar-refractivity contribution is 0.579. The van der Waals surface area contributed by atoms with Crippen LogP contribution in [0.3, 0.4) is 0 Å². The molecular formula is C13H16BrClN4. The minimum atomic E-state index is 0.174. The van der Waals surface area contributed by atoms with Gasteiger partial charge >= 0.3 is 0 Å². The van der Waals surface area contributed by atoms with Gasteiger partial charge in [-0.3, -0.25) is 0 Å². The highest BCUT2D eigenvalue weighted by molar-refractivity contribution is 9.10. The lowest BCUT2D eigenvalue weighted by Gasteiger charge is -2.11. The number of nitrogens with zero attached hydrogens (tertiary/aromatic N) is 3. The van der Waals surface area contributed by atoms with Gasteiger partial charge in [-0.25, -0.2) is 4.68 Å². The van der Waals surface area contributed by atoms with Crippen molar-refractivity contribution in [2.24, 2.45) is 0 Å². The Morgan fingerprint density at radius 2 is 2.21 bits per heavy atom. The van der Waals surface area contributed by atoms with Crippen molar-refractivity contribution in [2.75, 3.05) is 6.54 Å². The van der Waals surface area contributed by atoms with E-state index in [1.165, 1.54) is 0 Å². The minimum Gasteiger partial charge on any atom is -0.309 e. The molecule has 1 aromatic heterocycles. The third kappa shape index (κ3) is 2.99. The second-order valence-corrected chi connectivity index (χ2v) is 5.67. The van der Waals surface area contributed by atoms with Crippen molar-refractivity contribution >= 4 is 27.5 Å². The zero-order valence-corrected chi connectivity index (χ0v) is 13.5. The number of aromatic nitrogens is 3. The van der Waals surface area contributed by atoms with Crippen LogP contribution in [0.2, 0.25) is 5.02 Å². The van der Waals surface area contributed by atoms with Crippen molar-refractivity contribution in [2.45, 2.75) is 26.8 Å². The second-order valence-electron chi connectivity index (χ2n) is 4.35. The maximum Gasteiger partial charge on any atom is 0.103 e. The van der Waals surface area contributed by atoms with Crippen molar-refractivity contribution < 1.29 is 0 Å². The monoisotopic (exact) mass is 342 g/mol. The van der Waals surface area contributed by atoms with Crippen LogP contribution in [-0.4, -0.2) is 21.5 Å². The molecule has 0 aliphatic rings. The average molecular weight is 344 g/mol. The minimum absolute atomic E-state index is 0.174. The Morgan fingerprint density at radius 3 is 2.84 bits per heavy atom. The number of halogens is 2. The van der Waals surface area contributed by atoms with Crippen LogP contribution in [0.1, 0.15) is 31.3 Å². The fourth-order valence-corrected chi connectivity index (χ4v) is 2.78. The summed E-state index contributed by atoms with van der Waals surface area (Å²) in [5.41, 5.74) is 2.78. The first kappa shape index (κ1) is 14.5. The largest absolute Gasteiger partial charge is 0.309 e. The molecule has 4 nitrogen and oxygen atoms in total. The normalized spacial score (nSPS) is 12.7. The van der Waals surface area contributed by atoms with E-state index in [0.717, 1.165) is 28.1 Å². The Balaban J connectivity index is 2.41. The first-order chi connectivity index (χ1) is 9.04. The molecule has 0 saturated carbocycles. The molecule has 1 unspecified atom stereocenters. The molecule has 0 spiro atoms. The van der Waals surface area contributed by atoms with Gasteiger partial charge in [-0.15, -0.1) is 5.10 Å². The molecule has 1 aromatic carbocycles. The first-order valence-corrected chi connectivity index (χ1v) is 7.32. The Bertz CT molecular complexity index is 582. The van der Waals surface area contributed by atoms with E-state index in [1.807, 2.05) is 25.1 Å². The Hall–Kier alpha value is -0.910. The van der Waals surface area contributed by atoms with Crippen LogP contribution in [0.25, 0.3) is 5.69 Å². The molecule has 0 fully saturated rings. The third-order valence-corrected chi connectivity index (χ3v) is 3.78. The number of benzene rings is 1. The van der Waals surface area contributed by atoms with E-state index in [1.54, 1.807) is 4.68 Å². The van der Waals surface area contributed by atoms with Crippen molar-refractivity contribution in [3.63, 3.8) is 0 Å². The van der Waals surface area contributed by atoms with Crippen molar-refractivity contribution in [3.8, 4) is 5.69 Å². The molecule has 6 heteroatoms. The fraction of sp³-hybridized carbons (Fsp3) is 0.385. The number of nitrogens with one attached hydrogen (secondary N) is 1. The van der Waals surface area contributed by atoms with Crippen LogP contribution in [0.5, 0.6) is 0 Å². The highest BCUT2D eigenvalue weighted by atomic mass is 79.9. The lowest BCUT2D eigenvalue weighted by Crippen LogP contribution is -2.19. The maximum atomic E-state index is 6.25. The zero-order chi connectivity index (χ0) is 14.0. The molecule has 0 aliphatic carbocycles. The highest BCUT2D eigenvalue weighted by Gasteiger charge is 2.16. The fourth-order valence-electron chi connectivity index (χ4n) is 2.03. The van der Waals surface area contributed by atoms with Crippen LogP contribution < -0.4 is 5.32 Å². The van der Waals surface area contributed by atoms with Crippen LogP contribution in [0.4, 0.5) is 0 Å². The molecule has 19 heavy (non-hydrogen) atoms. The zero-order valence-electron chi connectivity index (χ0n) is 11.1. The third-order valence-electron chi connectivity index (χ3n) is 2.99. The smallest absolute Gasteiger partial charge is 0.103 e. The van der Waals surface area contributed by atoms with Gasteiger partial charge < -0.3 is 5.32 Å². The topological polar surface area (TPSA) is 42.7 Å². The first-order valence-electron chi connectivity index (χ1n) is 6.15. The lowest BCUT2D eigenvalue weighted by atomic mass is 10.2. The molecule has 1 N–H and O–H groups in total. The van der Waals surface area contributed by atoms with Crippen molar-refractivity contribution in [1.82, 2.24) is 20.3 Å². The van der Waals surface area contributed by atoms with Gasteiger partial charge in [-0.1, -0.05) is 39.7 Å². The van der Waals surface area contributed by atoms with E-state index < -0.39 is 0 Å². The van der Waals surface area contributed by atoms with Gasteiger partial charge in [-0.05, 0) is 38.6 Å². The highest BCUT2D eigenvalue weighted by Crippen LogP contribution is 2.26. The van der Waals surface area contributed by atoms with Gasteiger partial charge in [0.25, 0.3) is 0 Å². The molecule has 0 aliphatic heterocycles. The summed E-state index contributed by atoms with van der Waals surface area (Å²) in [6.07, 6.45) is 0. The summed E-state index contributed by atoms with van der Waals surface area (Å²) in [7, 11) is 0. The molecule has 0 radical (unpaired) electrons. The van der Waals surface area contributed by atoms with Crippen LogP contribution in [0, 0.1) is 6.92 Å². The van der Waals surface area contributed by atoms with Gasteiger partial charge in [0.1, 0.15) is 5.69 Å². The predicted molar refractivity (Wildman–Crippen MR) is 80.9 cm³/mol. The molecule has 2 aromatic rings. The number of hydrogen-bond donors (Lipinski definition) is 1. The van der Waals surface area contributed by atoms with Gasteiger partial charge in [0.05, 0.1) is 22.4 Å². The van der Waals surface area contributed by atoms with E-state index in [4.69, 9.17) is 11.6 Å². The van der Waals surface area contributed by atoms with E-state index in [2.05, 4.69) is 45.4 Å². The average Bonchev–Trinajstić information content (AvgIpc) is 2.72. The molecule has 0 amide bonds. The summed E-state index contributed by atoms with van der Waals surface area (Å²) in [6.45, 7) is 7.05. The number of hydrogen-bond acceptors (Lipinski definition) is 3. The summed E-state index contributed by atoms with van der Waals surface area (Å²) < 4.78 is 2.72. The molecule has 102 valence electrons. The number of rotatable bonds is 4. The molecule has 1 heterocycles. The summed E-state index contributed by atoms with van der Waals surface area (Å²) in [5.74, 6) is 0. The quantitative estimate of drug-likeness (QED) is 0.921. The van der Waals surface area contributed by atoms with Gasteiger partial charge in [0, 0.05) is 4.47 Å². The Morgan fingerprint density at radius 1 is 1.47 bits per heavy atom. The van der Waals surface area contributed by atoms with Gasteiger partial charge in [0.2, 0.25) is 0 Å². The van der Waals surface area contributed by atoms with Gasteiger partial charge in [0.15, 0.2) is 0 Å². The van der Waals surface area contributed by atoms with Crippen LogP contribution >= 0.6 is 27.5 Å². The van der Waals surface area contributed by atoms with Crippen LogP contribution in [0.15, 0.2) is 22.7 Å². The molecule has 0 saturated heterocycles. The molecule has 0 bridgehead atoms. The second kappa shape index (κ2) is 6.03. The Kier molecular flexibility index (Phi) is 4.60. The Labute approximate surface area is 126 Å². The maximum absolute atomic E-state index is 6.25. The summed E-state index contributed by atoms with van der Waals surface area (Å²) >= 11 is 9.65. The van der Waals surface area contributed by atoms with E-state index in [9.17, 15) is 0 Å². The standard InChI is InChI=1S/C13H16BrClN4/c1-4-16-8(2)13-9(3)19(18-17-13)12-6-5-10(14)7-11(12)15/h5-8,16H,4H2,1-3H3. The summed E-state index contributed by atoms with van der Waals surface area (Å²) in [6, 6.07) is 5.89. The van der Waals surface area contributed by atoms with E-state index in [-0.39, 0.29) is 6.04 Å². The predicted octanol–water partition coefficient (Wildman–Crippen LogP) is 3.66. The van der Waals surface area contributed by atoms with Crippen molar-refractivity contribution in [3.05, 3.63) is 39.1 Å².